The normalized spacial score (nSPS) is 11.0. The fraction of sp³-hybridized carbons (Fsp3) is 0.118. The van der Waals surface area contributed by atoms with E-state index in [0.717, 1.165) is 10.6 Å². The number of nitrogens with zero attached hydrogens (tertiary/aromatic N) is 2. The largest absolute Gasteiger partial charge is 0.238 e. The summed E-state index contributed by atoms with van der Waals surface area (Å²) in [5.74, 6) is 0. The molecule has 2 aromatic carbocycles. The summed E-state index contributed by atoms with van der Waals surface area (Å²) < 4.78 is 38.3. The molecule has 0 bridgehead atoms. The summed E-state index contributed by atoms with van der Waals surface area (Å²) in [6.45, 7) is 0. The van der Waals surface area contributed by atoms with Crippen molar-refractivity contribution in [3.8, 4) is 22.5 Å². The summed E-state index contributed by atoms with van der Waals surface area (Å²) in [7, 11) is -0.807. The van der Waals surface area contributed by atoms with Gasteiger partial charge in [0.2, 0.25) is 5.69 Å². The summed E-state index contributed by atoms with van der Waals surface area (Å²) in [5.41, 5.74) is 4.74. The highest BCUT2D eigenvalue weighted by molar-refractivity contribution is 6.30. The van der Waals surface area contributed by atoms with Crippen LogP contribution in [0, 0.1) is 10.2 Å². The lowest BCUT2D eigenvalue weighted by Gasteiger charge is -2.17. The lowest BCUT2D eigenvalue weighted by molar-refractivity contribution is -2.00. The highest BCUT2D eigenvalue weighted by Gasteiger charge is 2.19. The molecule has 0 saturated carbocycles. The van der Waals surface area contributed by atoms with Crippen molar-refractivity contribution in [1.29, 1.82) is 0 Å². The van der Waals surface area contributed by atoms with Crippen LogP contribution in [0.15, 0.2) is 60.7 Å². The highest BCUT2D eigenvalue weighted by Crippen LogP contribution is 2.25. The average molecular weight is 383 g/mol. The Labute approximate surface area is 152 Å². The molecule has 3 rings (SSSR count). The van der Waals surface area contributed by atoms with Crippen molar-refractivity contribution < 1.29 is 33.6 Å². The van der Waals surface area contributed by atoms with Crippen LogP contribution in [0.5, 0.6) is 0 Å². The molecule has 0 fully saturated rings. The maximum atomic E-state index is 8.49. The molecule has 3 aromatic rings. The first-order chi connectivity index (χ1) is 11.7. The Hall–Kier alpha value is -1.93. The molecule has 1 heterocycles. The minimum atomic E-state index is -4.94. The van der Waals surface area contributed by atoms with Crippen LogP contribution in [0.4, 0.5) is 0 Å². The van der Waals surface area contributed by atoms with Gasteiger partial charge in [0, 0.05) is 22.2 Å². The second-order valence-corrected chi connectivity index (χ2v) is 6.41. The molecule has 1 aromatic heterocycles. The van der Waals surface area contributed by atoms with Gasteiger partial charge in [-0.1, -0.05) is 41.9 Å². The fourth-order valence-corrected chi connectivity index (χ4v) is 2.54. The van der Waals surface area contributed by atoms with Crippen molar-refractivity contribution in [3.05, 3.63) is 65.7 Å². The average Bonchev–Trinajstić information content (AvgIpc) is 2.84. The van der Waals surface area contributed by atoms with Crippen LogP contribution in [0.3, 0.4) is 0 Å². The Morgan fingerprint density at radius 2 is 1.40 bits per heavy atom. The summed E-state index contributed by atoms with van der Waals surface area (Å²) in [4.78, 5) is 0. The molecule has 0 spiro atoms. The topological polar surface area (TPSA) is 101 Å². The maximum absolute atomic E-state index is 8.49. The summed E-state index contributed by atoms with van der Waals surface area (Å²) in [6.07, 6.45) is 0. The van der Waals surface area contributed by atoms with Crippen LogP contribution in [0.25, 0.3) is 22.5 Å². The van der Waals surface area contributed by atoms with E-state index < -0.39 is 10.2 Å². The second kappa shape index (κ2) is 7.97. The highest BCUT2D eigenvalue weighted by atomic mass is 35.7. The number of aromatic nitrogens is 2. The zero-order valence-corrected chi connectivity index (χ0v) is 15.1. The van der Waals surface area contributed by atoms with E-state index in [1.807, 2.05) is 30.3 Å². The summed E-state index contributed by atoms with van der Waals surface area (Å²) in [5, 5.41) is 0.760. The van der Waals surface area contributed by atoms with Crippen LogP contribution in [0.2, 0.25) is 5.02 Å². The first-order valence-corrected chi connectivity index (χ1v) is 8.77. The van der Waals surface area contributed by atoms with Crippen LogP contribution in [-0.2, 0) is 14.1 Å². The predicted molar refractivity (Wildman–Crippen MR) is 82.5 cm³/mol. The van der Waals surface area contributed by atoms with Crippen molar-refractivity contribution in [2.75, 3.05) is 0 Å². The molecule has 0 radical (unpaired) electrons. The Kier molecular flexibility index (Phi) is 6.18. The van der Waals surface area contributed by atoms with Crippen LogP contribution in [0.1, 0.15) is 0 Å². The minimum Gasteiger partial charge on any atom is -0.222 e. The van der Waals surface area contributed by atoms with Gasteiger partial charge in [0.1, 0.15) is 5.69 Å². The van der Waals surface area contributed by atoms with E-state index in [-0.39, 0.29) is 0 Å². The van der Waals surface area contributed by atoms with E-state index in [9.17, 15) is 0 Å². The summed E-state index contributed by atoms with van der Waals surface area (Å²) >= 11 is 5.96. The molecule has 132 valence electrons. The van der Waals surface area contributed by atoms with Crippen LogP contribution >= 0.6 is 11.6 Å². The van der Waals surface area contributed by atoms with Gasteiger partial charge in [-0.05, 0) is 24.3 Å². The maximum Gasteiger partial charge on any atom is 0.238 e. The Morgan fingerprint density at radius 1 is 0.880 bits per heavy atom. The molecule has 0 aliphatic carbocycles. The molecular weight excluding hydrogens is 367 g/mol. The van der Waals surface area contributed by atoms with Gasteiger partial charge < -0.3 is 0 Å². The standard InChI is InChI=1S/C17H16ClN2.ClHO4/c1-19-16(13-6-4-3-5-7-13)12-17(20(19)2)14-8-10-15(18)11-9-14;2-1(3,4)5/h3-12H,1-2H3;(H,2,3,4,5)/q+1;/p-1. The zero-order chi connectivity index (χ0) is 18.6. The molecule has 8 heteroatoms. The number of halogens is 2. The lowest BCUT2D eigenvalue weighted by atomic mass is 10.1. The quantitative estimate of drug-likeness (QED) is 0.535. The van der Waals surface area contributed by atoms with E-state index in [1.54, 1.807) is 0 Å². The fourth-order valence-electron chi connectivity index (χ4n) is 2.41. The molecule has 0 atom stereocenters. The van der Waals surface area contributed by atoms with Crippen molar-refractivity contribution in [2.45, 2.75) is 0 Å². The molecule has 0 aliphatic rings. The number of hydrogen-bond donors (Lipinski definition) is 0. The number of rotatable bonds is 2. The van der Waals surface area contributed by atoms with Crippen molar-refractivity contribution >= 4 is 11.6 Å². The Balaban J connectivity index is 0.000000399. The van der Waals surface area contributed by atoms with E-state index >= 15 is 0 Å². The van der Waals surface area contributed by atoms with Crippen LogP contribution in [-0.4, -0.2) is 4.68 Å². The van der Waals surface area contributed by atoms with Gasteiger partial charge in [-0.3, -0.25) is 0 Å². The first kappa shape index (κ1) is 19.4. The second-order valence-electron chi connectivity index (χ2n) is 5.21. The number of benzene rings is 2. The van der Waals surface area contributed by atoms with Crippen molar-refractivity contribution in [1.82, 2.24) is 4.68 Å². The molecule has 0 aliphatic heterocycles. The smallest absolute Gasteiger partial charge is 0.222 e. The van der Waals surface area contributed by atoms with Crippen molar-refractivity contribution in [3.63, 3.8) is 0 Å². The van der Waals surface area contributed by atoms with Gasteiger partial charge in [0.25, 0.3) is 0 Å². The molecule has 0 amide bonds. The number of hydrogen-bond acceptors (Lipinski definition) is 4. The van der Waals surface area contributed by atoms with Gasteiger partial charge >= 0.3 is 0 Å². The van der Waals surface area contributed by atoms with Crippen LogP contribution < -0.4 is 23.3 Å². The monoisotopic (exact) mass is 382 g/mol. The molecule has 0 N–H and O–H groups in total. The van der Waals surface area contributed by atoms with E-state index in [2.05, 4.69) is 53.8 Å². The third-order valence-corrected chi connectivity index (χ3v) is 3.88. The SMILES string of the molecule is Cn1c(-c2ccc(Cl)cc2)cc(-c2ccccc2)[n+]1C.[O-][Cl+3]([O-])([O-])[O-]. The third kappa shape index (κ3) is 5.54. The Bertz CT molecular complexity index is 822. The van der Waals surface area contributed by atoms with Gasteiger partial charge in [-0.25, -0.2) is 18.6 Å². The third-order valence-electron chi connectivity index (χ3n) is 3.63. The molecule has 25 heavy (non-hydrogen) atoms. The molecule has 6 nitrogen and oxygen atoms in total. The van der Waals surface area contributed by atoms with Gasteiger partial charge in [-0.2, -0.15) is 4.68 Å². The Morgan fingerprint density at radius 3 is 1.92 bits per heavy atom. The minimum absolute atomic E-state index is 0.760. The lowest BCUT2D eigenvalue weighted by Crippen LogP contribution is -2.68. The molecule has 0 saturated heterocycles. The van der Waals surface area contributed by atoms with Gasteiger partial charge in [0.05, 0.1) is 7.05 Å². The first-order valence-electron chi connectivity index (χ1n) is 7.16. The van der Waals surface area contributed by atoms with Gasteiger partial charge in [0.15, 0.2) is 7.05 Å². The summed E-state index contributed by atoms with van der Waals surface area (Å²) in [6, 6.07) is 20.6. The van der Waals surface area contributed by atoms with E-state index in [0.29, 0.717) is 0 Å². The molecule has 0 unspecified atom stereocenters. The van der Waals surface area contributed by atoms with Crippen molar-refractivity contribution in [2.24, 2.45) is 14.1 Å². The predicted octanol–water partition coefficient (Wildman–Crippen LogP) is -0.919. The van der Waals surface area contributed by atoms with Gasteiger partial charge in [-0.15, -0.1) is 14.9 Å². The zero-order valence-electron chi connectivity index (χ0n) is 13.6. The van der Waals surface area contributed by atoms with E-state index in [1.165, 1.54) is 17.0 Å². The molecular formula is C17H16Cl2N2O4. The van der Waals surface area contributed by atoms with E-state index in [4.69, 9.17) is 30.2 Å².